The molecule has 0 N–H and O–H groups in total. The molecule has 1 amide bonds. The van der Waals surface area contributed by atoms with Crippen LogP contribution in [0.25, 0.3) is 0 Å². The maximum Gasteiger partial charge on any atom is 0.226 e. The van der Waals surface area contributed by atoms with Crippen LogP contribution in [0.4, 0.5) is 0 Å². The molecule has 0 saturated carbocycles. The third kappa shape index (κ3) is 2.84. The number of rotatable bonds is 3. The molecule has 1 aromatic rings. The number of amides is 1. The van der Waals surface area contributed by atoms with Gasteiger partial charge in [-0.1, -0.05) is 24.3 Å². The number of fused-ring (bicyclic) bond motifs is 1. The summed E-state index contributed by atoms with van der Waals surface area (Å²) in [6.07, 6.45) is 2.15. The quantitative estimate of drug-likeness (QED) is 0.849. The van der Waals surface area contributed by atoms with Crippen LogP contribution in [0.5, 0.6) is 0 Å². The smallest absolute Gasteiger partial charge is 0.226 e. The van der Waals surface area contributed by atoms with Crippen molar-refractivity contribution in [1.82, 2.24) is 4.90 Å². The Hall–Kier alpha value is -1.36. The van der Waals surface area contributed by atoms with Gasteiger partial charge in [0.05, 0.1) is 11.5 Å². The minimum Gasteiger partial charge on any atom is -0.339 e. The lowest BCUT2D eigenvalue weighted by molar-refractivity contribution is -0.136. The van der Waals surface area contributed by atoms with Crippen molar-refractivity contribution in [1.29, 1.82) is 0 Å². The fourth-order valence-corrected chi connectivity index (χ4v) is 5.31. The van der Waals surface area contributed by atoms with Crippen molar-refractivity contribution in [2.24, 2.45) is 5.92 Å². The third-order valence-electron chi connectivity index (χ3n) is 4.67. The molecule has 1 atom stereocenters. The average Bonchev–Trinajstić information content (AvgIpc) is 3.02. The molecule has 5 heteroatoms. The van der Waals surface area contributed by atoms with E-state index in [9.17, 15) is 13.2 Å². The van der Waals surface area contributed by atoms with Gasteiger partial charge in [0.15, 0.2) is 9.84 Å². The van der Waals surface area contributed by atoms with Gasteiger partial charge in [0.2, 0.25) is 5.91 Å². The van der Waals surface area contributed by atoms with Crippen LogP contribution >= 0.6 is 0 Å². The summed E-state index contributed by atoms with van der Waals surface area (Å²) in [4.78, 5) is 14.6. The van der Waals surface area contributed by atoms with Crippen molar-refractivity contribution < 1.29 is 13.2 Å². The minimum atomic E-state index is -2.96. The van der Waals surface area contributed by atoms with Gasteiger partial charge in [-0.3, -0.25) is 4.79 Å². The molecule has 0 spiro atoms. The molecule has 1 aliphatic carbocycles. The first-order chi connectivity index (χ1) is 10.00. The summed E-state index contributed by atoms with van der Waals surface area (Å²) < 4.78 is 23.3. The molecule has 0 unspecified atom stereocenters. The molecule has 1 heterocycles. The zero-order chi connectivity index (χ0) is 15.0. The maximum atomic E-state index is 12.8. The van der Waals surface area contributed by atoms with Crippen LogP contribution in [0.1, 0.15) is 24.5 Å². The molecule has 3 rings (SSSR count). The molecule has 0 radical (unpaired) electrons. The topological polar surface area (TPSA) is 54.5 Å². The van der Waals surface area contributed by atoms with Gasteiger partial charge in [-0.15, -0.1) is 0 Å². The van der Waals surface area contributed by atoms with E-state index in [1.54, 1.807) is 4.90 Å². The van der Waals surface area contributed by atoms with Gasteiger partial charge >= 0.3 is 0 Å². The molecular weight excluding hydrogens is 286 g/mol. The molecule has 2 aliphatic rings. The predicted molar refractivity (Wildman–Crippen MR) is 81.8 cm³/mol. The minimum absolute atomic E-state index is 0.0225. The second-order valence-electron chi connectivity index (χ2n) is 6.05. The second kappa shape index (κ2) is 5.44. The Kier molecular flexibility index (Phi) is 3.78. The van der Waals surface area contributed by atoms with Gasteiger partial charge in [-0.25, -0.2) is 8.42 Å². The predicted octanol–water partition coefficient (Wildman–Crippen LogP) is 1.44. The lowest BCUT2D eigenvalue weighted by Gasteiger charge is -2.29. The summed E-state index contributed by atoms with van der Waals surface area (Å²) >= 11 is 0. The number of hydrogen-bond donors (Lipinski definition) is 0. The first-order valence-electron chi connectivity index (χ1n) is 7.58. The standard InChI is InChI=1S/C16H21NO3S/c1-2-17(15-7-8-21(19,20)11-15)16(18)14-9-12-5-3-4-6-13(12)10-14/h3-6,14-15H,2,7-11H2,1H3/t15-/m0/s1. The summed E-state index contributed by atoms with van der Waals surface area (Å²) in [6, 6.07) is 8.05. The first-order valence-corrected chi connectivity index (χ1v) is 9.40. The van der Waals surface area contributed by atoms with Gasteiger partial charge in [0.1, 0.15) is 0 Å². The van der Waals surface area contributed by atoms with Gasteiger partial charge in [-0.05, 0) is 37.3 Å². The molecule has 1 aromatic carbocycles. The van der Waals surface area contributed by atoms with Gasteiger partial charge in [0, 0.05) is 18.5 Å². The van der Waals surface area contributed by atoms with Gasteiger partial charge in [-0.2, -0.15) is 0 Å². The Morgan fingerprint density at radius 2 is 1.86 bits per heavy atom. The highest BCUT2D eigenvalue weighted by Crippen LogP contribution is 2.29. The number of carbonyl (C=O) groups is 1. The number of benzene rings is 1. The third-order valence-corrected chi connectivity index (χ3v) is 6.42. The molecule has 114 valence electrons. The van der Waals surface area contributed by atoms with Gasteiger partial charge in [0.25, 0.3) is 0 Å². The summed E-state index contributed by atoms with van der Waals surface area (Å²) in [5.41, 5.74) is 2.51. The second-order valence-corrected chi connectivity index (χ2v) is 8.28. The van der Waals surface area contributed by atoms with Crippen LogP contribution in [-0.2, 0) is 27.5 Å². The van der Waals surface area contributed by atoms with E-state index < -0.39 is 9.84 Å². The Bertz CT molecular complexity index is 628. The molecule has 4 nitrogen and oxygen atoms in total. The fourth-order valence-electron chi connectivity index (χ4n) is 3.58. The van der Waals surface area contributed by atoms with E-state index in [0.717, 1.165) is 12.8 Å². The summed E-state index contributed by atoms with van der Waals surface area (Å²) in [7, 11) is -2.96. The van der Waals surface area contributed by atoms with Crippen molar-refractivity contribution in [3.63, 3.8) is 0 Å². The monoisotopic (exact) mass is 307 g/mol. The largest absolute Gasteiger partial charge is 0.339 e. The van der Waals surface area contributed by atoms with Crippen molar-refractivity contribution in [3.05, 3.63) is 35.4 Å². The van der Waals surface area contributed by atoms with Crippen LogP contribution in [0, 0.1) is 5.92 Å². The Morgan fingerprint density at radius 3 is 2.33 bits per heavy atom. The molecule has 1 saturated heterocycles. The van der Waals surface area contributed by atoms with Crippen LogP contribution in [0.15, 0.2) is 24.3 Å². The lowest BCUT2D eigenvalue weighted by atomic mass is 10.0. The van der Waals surface area contributed by atoms with Crippen molar-refractivity contribution in [3.8, 4) is 0 Å². The van der Waals surface area contributed by atoms with E-state index in [1.165, 1.54) is 11.1 Å². The Balaban J connectivity index is 1.73. The van der Waals surface area contributed by atoms with E-state index in [0.29, 0.717) is 13.0 Å². The summed E-state index contributed by atoms with van der Waals surface area (Å²) in [6.45, 7) is 2.52. The van der Waals surface area contributed by atoms with Gasteiger partial charge < -0.3 is 4.90 Å². The zero-order valence-electron chi connectivity index (χ0n) is 12.3. The van der Waals surface area contributed by atoms with E-state index in [-0.39, 0.29) is 29.4 Å². The molecule has 1 fully saturated rings. The molecule has 0 aromatic heterocycles. The SMILES string of the molecule is CCN(C(=O)C1Cc2ccccc2C1)[C@H]1CCS(=O)(=O)C1. The molecule has 1 aliphatic heterocycles. The van der Waals surface area contributed by atoms with E-state index in [1.807, 2.05) is 19.1 Å². The van der Waals surface area contributed by atoms with Crippen molar-refractivity contribution >= 4 is 15.7 Å². The molecular formula is C16H21NO3S. The first kappa shape index (κ1) is 14.6. The fraction of sp³-hybridized carbons (Fsp3) is 0.562. The van der Waals surface area contributed by atoms with E-state index in [2.05, 4.69) is 12.1 Å². The van der Waals surface area contributed by atoms with Crippen LogP contribution in [0.2, 0.25) is 0 Å². The highest BCUT2D eigenvalue weighted by molar-refractivity contribution is 7.91. The summed E-state index contributed by atoms with van der Waals surface area (Å²) in [5, 5.41) is 0. The average molecular weight is 307 g/mol. The summed E-state index contributed by atoms with van der Waals surface area (Å²) in [5.74, 6) is 0.444. The number of nitrogens with zero attached hydrogens (tertiary/aromatic N) is 1. The maximum absolute atomic E-state index is 12.8. The Labute approximate surface area is 126 Å². The highest BCUT2D eigenvalue weighted by atomic mass is 32.2. The van der Waals surface area contributed by atoms with Crippen LogP contribution < -0.4 is 0 Å². The van der Waals surface area contributed by atoms with E-state index in [4.69, 9.17) is 0 Å². The normalized spacial score (nSPS) is 24.0. The zero-order valence-corrected chi connectivity index (χ0v) is 13.1. The van der Waals surface area contributed by atoms with E-state index >= 15 is 0 Å². The van der Waals surface area contributed by atoms with Crippen molar-refractivity contribution in [2.45, 2.75) is 32.2 Å². The van der Waals surface area contributed by atoms with Crippen molar-refractivity contribution in [2.75, 3.05) is 18.1 Å². The number of sulfone groups is 1. The number of hydrogen-bond acceptors (Lipinski definition) is 3. The lowest BCUT2D eigenvalue weighted by Crippen LogP contribution is -2.44. The Morgan fingerprint density at radius 1 is 1.24 bits per heavy atom. The molecule has 21 heavy (non-hydrogen) atoms. The van der Waals surface area contributed by atoms with Crippen LogP contribution in [0.3, 0.4) is 0 Å². The number of carbonyl (C=O) groups excluding carboxylic acids is 1. The van der Waals surface area contributed by atoms with Crippen LogP contribution in [-0.4, -0.2) is 43.3 Å². The highest BCUT2D eigenvalue weighted by Gasteiger charge is 2.37. The molecule has 0 bridgehead atoms.